The van der Waals surface area contributed by atoms with Crippen LogP contribution in [0.2, 0.25) is 0 Å². The van der Waals surface area contributed by atoms with Crippen LogP contribution in [0.5, 0.6) is 0 Å². The summed E-state index contributed by atoms with van der Waals surface area (Å²) in [6.07, 6.45) is 3.85. The van der Waals surface area contributed by atoms with E-state index in [0.29, 0.717) is 12.2 Å². The molecule has 2 aromatic rings. The second kappa shape index (κ2) is 5.69. The average molecular weight is 262 g/mol. The first-order valence-electron chi connectivity index (χ1n) is 6.51. The molecule has 2 N–H and O–H groups in total. The van der Waals surface area contributed by atoms with E-state index in [0.717, 1.165) is 30.5 Å². The first-order valence-corrected chi connectivity index (χ1v) is 6.51. The number of hydrogen-bond acceptors (Lipinski definition) is 4. The summed E-state index contributed by atoms with van der Waals surface area (Å²) in [5.74, 6) is -1.02. The van der Waals surface area contributed by atoms with Crippen molar-refractivity contribution in [2.75, 3.05) is 11.9 Å². The van der Waals surface area contributed by atoms with E-state index in [4.69, 9.17) is 5.11 Å². The summed E-state index contributed by atoms with van der Waals surface area (Å²) in [6, 6.07) is 1.57. The molecule has 6 nitrogen and oxygen atoms in total. The quantitative estimate of drug-likeness (QED) is 0.781. The molecule has 0 atom stereocenters. The van der Waals surface area contributed by atoms with Gasteiger partial charge in [0.2, 0.25) is 0 Å². The Balaban J connectivity index is 2.47. The molecule has 0 unspecified atom stereocenters. The minimum absolute atomic E-state index is 0.0432. The van der Waals surface area contributed by atoms with Gasteiger partial charge in [-0.1, -0.05) is 13.3 Å². The lowest BCUT2D eigenvalue weighted by atomic mass is 10.2. The van der Waals surface area contributed by atoms with Crippen LogP contribution in [0.1, 0.15) is 37.2 Å². The van der Waals surface area contributed by atoms with Crippen molar-refractivity contribution in [2.45, 2.75) is 33.2 Å². The zero-order valence-electron chi connectivity index (χ0n) is 11.2. The van der Waals surface area contributed by atoms with Gasteiger partial charge in [-0.05, 0) is 19.4 Å². The molecular weight excluding hydrogens is 244 g/mol. The highest BCUT2D eigenvalue weighted by atomic mass is 16.4. The van der Waals surface area contributed by atoms with Gasteiger partial charge in [-0.25, -0.2) is 14.5 Å². The van der Waals surface area contributed by atoms with E-state index in [2.05, 4.69) is 22.3 Å². The van der Waals surface area contributed by atoms with Gasteiger partial charge in [-0.3, -0.25) is 0 Å². The van der Waals surface area contributed by atoms with E-state index in [1.165, 1.54) is 0 Å². The van der Waals surface area contributed by atoms with Crippen LogP contribution in [0.3, 0.4) is 0 Å². The van der Waals surface area contributed by atoms with Crippen molar-refractivity contribution in [3.05, 3.63) is 18.0 Å². The van der Waals surface area contributed by atoms with E-state index < -0.39 is 5.97 Å². The number of aromatic nitrogens is 3. The van der Waals surface area contributed by atoms with Crippen molar-refractivity contribution in [1.82, 2.24) is 14.8 Å². The SMILES string of the molecule is CCCCNc1cc(C(=O)O)nc2c1cnn2CC. The molecule has 2 heterocycles. The number of hydrogen-bond donors (Lipinski definition) is 2. The van der Waals surface area contributed by atoms with Crippen LogP contribution in [-0.4, -0.2) is 32.4 Å². The van der Waals surface area contributed by atoms with E-state index in [1.807, 2.05) is 6.92 Å². The first-order chi connectivity index (χ1) is 9.17. The minimum Gasteiger partial charge on any atom is -0.477 e. The Morgan fingerprint density at radius 2 is 2.26 bits per heavy atom. The highest BCUT2D eigenvalue weighted by Gasteiger charge is 2.14. The summed E-state index contributed by atoms with van der Waals surface area (Å²) in [7, 11) is 0. The first kappa shape index (κ1) is 13.3. The molecule has 0 aliphatic rings. The summed E-state index contributed by atoms with van der Waals surface area (Å²) in [5, 5.41) is 17.5. The number of carboxylic acids is 1. The molecule has 2 rings (SSSR count). The largest absolute Gasteiger partial charge is 0.477 e. The van der Waals surface area contributed by atoms with Crippen molar-refractivity contribution in [3.63, 3.8) is 0 Å². The van der Waals surface area contributed by atoms with Gasteiger partial charge in [0.1, 0.15) is 0 Å². The van der Waals surface area contributed by atoms with Crippen molar-refractivity contribution in [3.8, 4) is 0 Å². The number of carbonyl (C=O) groups is 1. The predicted octanol–water partition coefficient (Wildman–Crippen LogP) is 2.36. The lowest BCUT2D eigenvalue weighted by molar-refractivity contribution is 0.0691. The molecule has 19 heavy (non-hydrogen) atoms. The Bertz CT molecular complexity index is 592. The van der Waals surface area contributed by atoms with E-state index >= 15 is 0 Å². The fraction of sp³-hybridized carbons (Fsp3) is 0.462. The fourth-order valence-corrected chi connectivity index (χ4v) is 1.93. The van der Waals surface area contributed by atoms with Crippen molar-refractivity contribution >= 4 is 22.7 Å². The molecule has 102 valence electrons. The number of pyridine rings is 1. The molecule has 0 fully saturated rings. The number of anilines is 1. The van der Waals surface area contributed by atoms with Crippen LogP contribution in [0.4, 0.5) is 5.69 Å². The molecule has 6 heteroatoms. The number of rotatable bonds is 6. The van der Waals surface area contributed by atoms with E-state index in [1.54, 1.807) is 16.9 Å². The molecule has 0 radical (unpaired) electrons. The zero-order valence-corrected chi connectivity index (χ0v) is 11.2. The van der Waals surface area contributed by atoms with Crippen molar-refractivity contribution in [1.29, 1.82) is 0 Å². The number of carboxylic acid groups (broad SMARTS) is 1. The molecule has 2 aromatic heterocycles. The lowest BCUT2D eigenvalue weighted by Crippen LogP contribution is -2.07. The van der Waals surface area contributed by atoms with Gasteiger partial charge >= 0.3 is 5.97 Å². The molecule has 0 aliphatic heterocycles. The Morgan fingerprint density at radius 3 is 2.89 bits per heavy atom. The fourth-order valence-electron chi connectivity index (χ4n) is 1.93. The molecule has 0 saturated carbocycles. The second-order valence-electron chi connectivity index (χ2n) is 4.34. The maximum absolute atomic E-state index is 11.1. The number of unbranched alkanes of at least 4 members (excludes halogenated alkanes) is 1. The Labute approximate surface area is 111 Å². The average Bonchev–Trinajstić information content (AvgIpc) is 2.81. The van der Waals surface area contributed by atoms with Crippen LogP contribution in [0, 0.1) is 0 Å². The third kappa shape index (κ3) is 2.67. The highest BCUT2D eigenvalue weighted by molar-refractivity contribution is 5.95. The van der Waals surface area contributed by atoms with Crippen LogP contribution in [0.25, 0.3) is 11.0 Å². The Hall–Kier alpha value is -2.11. The molecule has 0 spiro atoms. The minimum atomic E-state index is -1.02. The summed E-state index contributed by atoms with van der Waals surface area (Å²) in [5.41, 5.74) is 1.44. The third-order valence-corrected chi connectivity index (χ3v) is 2.97. The smallest absolute Gasteiger partial charge is 0.354 e. The molecule has 0 bridgehead atoms. The number of aromatic carboxylic acids is 1. The number of fused-ring (bicyclic) bond motifs is 1. The van der Waals surface area contributed by atoms with Gasteiger partial charge in [0, 0.05) is 18.8 Å². The van der Waals surface area contributed by atoms with Crippen molar-refractivity contribution < 1.29 is 9.90 Å². The van der Waals surface area contributed by atoms with Gasteiger partial charge in [-0.2, -0.15) is 5.10 Å². The van der Waals surface area contributed by atoms with E-state index in [-0.39, 0.29) is 5.69 Å². The van der Waals surface area contributed by atoms with Crippen LogP contribution in [-0.2, 0) is 6.54 Å². The standard InChI is InChI=1S/C13H18N4O2/c1-3-5-6-14-10-7-11(13(18)19)16-12-9(10)8-15-17(12)4-2/h7-8H,3-6H2,1-2H3,(H,14,16)(H,18,19). The van der Waals surface area contributed by atoms with Crippen LogP contribution >= 0.6 is 0 Å². The van der Waals surface area contributed by atoms with Gasteiger partial charge in [0.25, 0.3) is 0 Å². The van der Waals surface area contributed by atoms with Gasteiger partial charge in [0.05, 0.1) is 11.6 Å². The molecular formula is C13H18N4O2. The number of aryl methyl sites for hydroxylation is 1. The zero-order chi connectivity index (χ0) is 13.8. The number of nitrogens with one attached hydrogen (secondary N) is 1. The molecule has 0 amide bonds. The van der Waals surface area contributed by atoms with Gasteiger partial charge < -0.3 is 10.4 Å². The van der Waals surface area contributed by atoms with Crippen LogP contribution < -0.4 is 5.32 Å². The van der Waals surface area contributed by atoms with E-state index in [9.17, 15) is 4.79 Å². The maximum Gasteiger partial charge on any atom is 0.354 e. The lowest BCUT2D eigenvalue weighted by Gasteiger charge is -2.08. The summed E-state index contributed by atoms with van der Waals surface area (Å²) in [6.45, 7) is 5.54. The summed E-state index contributed by atoms with van der Waals surface area (Å²) < 4.78 is 1.70. The second-order valence-corrected chi connectivity index (χ2v) is 4.34. The van der Waals surface area contributed by atoms with Gasteiger partial charge in [-0.15, -0.1) is 0 Å². The maximum atomic E-state index is 11.1. The summed E-state index contributed by atoms with van der Waals surface area (Å²) >= 11 is 0. The molecule has 0 aliphatic carbocycles. The topological polar surface area (TPSA) is 80.0 Å². The molecule has 0 aromatic carbocycles. The number of nitrogens with zero attached hydrogens (tertiary/aromatic N) is 3. The van der Waals surface area contributed by atoms with Gasteiger partial charge in [0.15, 0.2) is 11.3 Å². The monoisotopic (exact) mass is 262 g/mol. The highest BCUT2D eigenvalue weighted by Crippen LogP contribution is 2.23. The Kier molecular flexibility index (Phi) is 3.99. The Morgan fingerprint density at radius 1 is 1.47 bits per heavy atom. The predicted molar refractivity (Wildman–Crippen MR) is 73.6 cm³/mol. The van der Waals surface area contributed by atoms with Crippen molar-refractivity contribution in [2.24, 2.45) is 0 Å². The van der Waals surface area contributed by atoms with Crippen LogP contribution in [0.15, 0.2) is 12.3 Å². The summed E-state index contributed by atoms with van der Waals surface area (Å²) in [4.78, 5) is 15.3. The normalized spacial score (nSPS) is 10.8. The third-order valence-electron chi connectivity index (χ3n) is 2.97. The molecule has 0 saturated heterocycles.